The molecule has 3 aromatic rings. The van der Waals surface area contributed by atoms with Crippen molar-refractivity contribution >= 4 is 22.6 Å². The molecule has 0 aromatic carbocycles. The topological polar surface area (TPSA) is 96.0 Å². The molecule has 0 saturated carbocycles. The monoisotopic (exact) mass is 366 g/mol. The van der Waals surface area contributed by atoms with Crippen molar-refractivity contribution in [1.82, 2.24) is 25.1 Å². The van der Waals surface area contributed by atoms with Gasteiger partial charge < -0.3 is 15.0 Å². The van der Waals surface area contributed by atoms with Crippen molar-refractivity contribution in [2.75, 3.05) is 32.6 Å². The van der Waals surface area contributed by atoms with Gasteiger partial charge in [-0.15, -0.1) is 0 Å². The number of nitrogens with one attached hydrogen (secondary N) is 2. The van der Waals surface area contributed by atoms with E-state index in [2.05, 4.69) is 25.5 Å². The smallest absolute Gasteiger partial charge is 0.253 e. The number of nitrogens with zero attached hydrogens (tertiary/aromatic N) is 4. The van der Waals surface area contributed by atoms with Gasteiger partial charge in [-0.1, -0.05) is 0 Å². The predicted octanol–water partition coefficient (Wildman–Crippen LogP) is 2.31. The Bertz CT molecular complexity index is 962. The lowest BCUT2D eigenvalue weighted by Crippen LogP contribution is -2.28. The number of anilines is 1. The highest BCUT2D eigenvalue weighted by Gasteiger charge is 2.20. The number of H-pyrrole nitrogens is 1. The summed E-state index contributed by atoms with van der Waals surface area (Å²) in [7, 11) is 3.46. The fourth-order valence-corrected chi connectivity index (χ4v) is 3.25. The summed E-state index contributed by atoms with van der Waals surface area (Å²) in [6, 6.07) is 5.67. The Morgan fingerprint density at radius 3 is 2.78 bits per heavy atom. The first-order valence-electron chi connectivity index (χ1n) is 8.99. The Morgan fingerprint density at radius 1 is 1.22 bits per heavy atom. The first-order chi connectivity index (χ1) is 13.1. The molecule has 1 fully saturated rings. The number of carbonyl (C=O) groups is 1. The summed E-state index contributed by atoms with van der Waals surface area (Å²) in [5.41, 5.74) is 2.77. The van der Waals surface area contributed by atoms with Crippen LogP contribution in [0.25, 0.3) is 22.3 Å². The molecule has 0 bridgehead atoms. The standard InChI is InChI=1S/C19H22N6O2/c1-25(2)19(26)12-3-7-20-15(11-12)17-16-14(23-24-17)4-8-21-18(16)22-13-5-9-27-10-6-13/h3-4,7-8,11,13H,5-6,9-10H2,1-2H3,(H,21,22)(H,23,24). The highest BCUT2D eigenvalue weighted by atomic mass is 16.5. The number of hydrogen-bond acceptors (Lipinski definition) is 6. The van der Waals surface area contributed by atoms with E-state index >= 15 is 0 Å². The molecule has 27 heavy (non-hydrogen) atoms. The lowest BCUT2D eigenvalue weighted by atomic mass is 10.1. The van der Waals surface area contributed by atoms with Crippen LogP contribution < -0.4 is 5.32 Å². The highest BCUT2D eigenvalue weighted by molar-refractivity contribution is 6.01. The van der Waals surface area contributed by atoms with E-state index < -0.39 is 0 Å². The lowest BCUT2D eigenvalue weighted by Gasteiger charge is -2.24. The average molecular weight is 366 g/mol. The molecule has 140 valence electrons. The molecule has 4 rings (SSSR count). The molecule has 8 nitrogen and oxygen atoms in total. The van der Waals surface area contributed by atoms with E-state index in [1.54, 1.807) is 43.5 Å². The fraction of sp³-hybridized carbons (Fsp3) is 0.368. The zero-order chi connectivity index (χ0) is 18.8. The number of aromatic nitrogens is 4. The maximum Gasteiger partial charge on any atom is 0.253 e. The molecule has 4 heterocycles. The molecule has 0 spiro atoms. The summed E-state index contributed by atoms with van der Waals surface area (Å²) in [5, 5.41) is 11.9. The molecule has 1 amide bonds. The van der Waals surface area contributed by atoms with Crippen molar-refractivity contribution in [3.63, 3.8) is 0 Å². The SMILES string of the molecule is CN(C)C(=O)c1ccnc(-c2n[nH]c3ccnc(NC4CCOCC4)c23)c1. The van der Waals surface area contributed by atoms with Gasteiger partial charge in [0.1, 0.15) is 11.5 Å². The number of fused-ring (bicyclic) bond motifs is 1. The van der Waals surface area contributed by atoms with E-state index in [1.807, 2.05) is 6.07 Å². The van der Waals surface area contributed by atoms with E-state index in [-0.39, 0.29) is 5.91 Å². The third-order valence-corrected chi connectivity index (χ3v) is 4.69. The predicted molar refractivity (Wildman–Crippen MR) is 103 cm³/mol. The van der Waals surface area contributed by atoms with Gasteiger partial charge in [-0.2, -0.15) is 5.10 Å². The molecule has 1 aliphatic rings. The Kier molecular flexibility index (Phi) is 4.72. The third-order valence-electron chi connectivity index (χ3n) is 4.69. The number of hydrogen-bond donors (Lipinski definition) is 2. The van der Waals surface area contributed by atoms with Crippen LogP contribution >= 0.6 is 0 Å². The van der Waals surface area contributed by atoms with Gasteiger partial charge in [0.05, 0.1) is 16.6 Å². The molecule has 1 aliphatic heterocycles. The van der Waals surface area contributed by atoms with E-state index in [0.29, 0.717) is 23.0 Å². The van der Waals surface area contributed by atoms with Crippen molar-refractivity contribution in [2.24, 2.45) is 0 Å². The fourth-order valence-electron chi connectivity index (χ4n) is 3.25. The molecule has 0 radical (unpaired) electrons. The van der Waals surface area contributed by atoms with E-state index in [0.717, 1.165) is 42.8 Å². The lowest BCUT2D eigenvalue weighted by molar-refractivity contribution is 0.0827. The number of rotatable bonds is 4. The second-order valence-electron chi connectivity index (χ2n) is 6.81. The third kappa shape index (κ3) is 3.48. The number of amides is 1. The molecule has 0 aliphatic carbocycles. The Labute approximate surface area is 157 Å². The summed E-state index contributed by atoms with van der Waals surface area (Å²) >= 11 is 0. The van der Waals surface area contributed by atoms with Gasteiger partial charge >= 0.3 is 0 Å². The van der Waals surface area contributed by atoms with Gasteiger partial charge in [-0.25, -0.2) is 4.98 Å². The maximum atomic E-state index is 12.3. The average Bonchev–Trinajstić information content (AvgIpc) is 3.13. The van der Waals surface area contributed by atoms with Crippen LogP contribution in [0.3, 0.4) is 0 Å². The Morgan fingerprint density at radius 2 is 2.00 bits per heavy atom. The van der Waals surface area contributed by atoms with E-state index in [1.165, 1.54) is 0 Å². The first-order valence-corrected chi connectivity index (χ1v) is 8.99. The second kappa shape index (κ2) is 7.32. The summed E-state index contributed by atoms with van der Waals surface area (Å²) in [6.07, 6.45) is 5.27. The van der Waals surface area contributed by atoms with Crippen molar-refractivity contribution in [3.8, 4) is 11.4 Å². The van der Waals surface area contributed by atoms with Crippen LogP contribution in [0.2, 0.25) is 0 Å². The van der Waals surface area contributed by atoms with Gasteiger partial charge in [-0.05, 0) is 31.0 Å². The molecule has 1 saturated heterocycles. The Hall–Kier alpha value is -3.00. The minimum atomic E-state index is -0.0721. The minimum Gasteiger partial charge on any atom is -0.381 e. The molecule has 2 N–H and O–H groups in total. The summed E-state index contributed by atoms with van der Waals surface area (Å²) in [4.78, 5) is 22.8. The molecule has 0 unspecified atom stereocenters. The summed E-state index contributed by atoms with van der Waals surface area (Å²) < 4.78 is 5.43. The summed E-state index contributed by atoms with van der Waals surface area (Å²) in [5.74, 6) is 0.700. The first kappa shape index (κ1) is 17.4. The minimum absolute atomic E-state index is 0.0721. The molecule has 3 aromatic heterocycles. The summed E-state index contributed by atoms with van der Waals surface area (Å²) in [6.45, 7) is 1.50. The molecule has 0 atom stereocenters. The van der Waals surface area contributed by atoms with Crippen LogP contribution in [0.4, 0.5) is 5.82 Å². The second-order valence-corrected chi connectivity index (χ2v) is 6.81. The zero-order valence-corrected chi connectivity index (χ0v) is 15.4. The van der Waals surface area contributed by atoms with Crippen LogP contribution in [0.5, 0.6) is 0 Å². The number of pyridine rings is 2. The van der Waals surface area contributed by atoms with E-state index in [9.17, 15) is 4.79 Å². The van der Waals surface area contributed by atoms with Crippen LogP contribution in [-0.4, -0.2) is 64.3 Å². The largest absolute Gasteiger partial charge is 0.381 e. The number of carbonyl (C=O) groups excluding carboxylic acids is 1. The number of ether oxygens (including phenoxy) is 1. The zero-order valence-electron chi connectivity index (χ0n) is 15.4. The van der Waals surface area contributed by atoms with Crippen LogP contribution in [0, 0.1) is 0 Å². The normalized spacial score (nSPS) is 15.0. The maximum absolute atomic E-state index is 12.3. The van der Waals surface area contributed by atoms with E-state index in [4.69, 9.17) is 4.74 Å². The molecule has 8 heteroatoms. The van der Waals surface area contributed by atoms with Gasteiger partial charge in [0, 0.05) is 51.3 Å². The van der Waals surface area contributed by atoms with Crippen LogP contribution in [0.1, 0.15) is 23.2 Å². The van der Waals surface area contributed by atoms with Crippen LogP contribution in [-0.2, 0) is 4.74 Å². The van der Waals surface area contributed by atoms with Crippen molar-refractivity contribution in [1.29, 1.82) is 0 Å². The number of aromatic amines is 1. The molecular weight excluding hydrogens is 344 g/mol. The molecular formula is C19H22N6O2. The van der Waals surface area contributed by atoms with Gasteiger partial charge in [0.25, 0.3) is 5.91 Å². The van der Waals surface area contributed by atoms with Gasteiger partial charge in [0.15, 0.2) is 0 Å². The van der Waals surface area contributed by atoms with Crippen molar-refractivity contribution < 1.29 is 9.53 Å². The van der Waals surface area contributed by atoms with Gasteiger partial charge in [-0.3, -0.25) is 14.9 Å². The van der Waals surface area contributed by atoms with Crippen molar-refractivity contribution in [2.45, 2.75) is 18.9 Å². The van der Waals surface area contributed by atoms with Gasteiger partial charge in [0.2, 0.25) is 0 Å². The highest BCUT2D eigenvalue weighted by Crippen LogP contribution is 2.31. The quantitative estimate of drug-likeness (QED) is 0.736. The Balaban J connectivity index is 1.74. The van der Waals surface area contributed by atoms with Crippen LogP contribution in [0.15, 0.2) is 30.6 Å². The van der Waals surface area contributed by atoms with Crippen molar-refractivity contribution in [3.05, 3.63) is 36.2 Å².